The van der Waals surface area contributed by atoms with E-state index in [9.17, 15) is 4.79 Å². The molecule has 0 aliphatic carbocycles. The molecule has 0 bridgehead atoms. The van der Waals surface area contributed by atoms with Crippen molar-refractivity contribution in [1.29, 1.82) is 0 Å². The average Bonchev–Trinajstić information content (AvgIpc) is 2.61. The maximum Gasteiger partial charge on any atom is 0.245 e. The van der Waals surface area contributed by atoms with E-state index < -0.39 is 0 Å². The Hall–Kier alpha value is -2.49. The topological polar surface area (TPSA) is 41.6 Å². The van der Waals surface area contributed by atoms with Crippen LogP contribution in [-0.4, -0.2) is 30.5 Å². The third-order valence-electron chi connectivity index (χ3n) is 4.29. The normalized spacial score (nSPS) is 14.8. The highest BCUT2D eigenvalue weighted by Gasteiger charge is 2.24. The summed E-state index contributed by atoms with van der Waals surface area (Å²) in [6.45, 7) is 3.36. The monoisotopic (exact) mass is 310 g/mol. The number of benzene rings is 2. The molecule has 120 valence electrons. The summed E-state index contributed by atoms with van der Waals surface area (Å²) in [6, 6.07) is 15.7. The smallest absolute Gasteiger partial charge is 0.245 e. The molecule has 0 fully saturated rings. The maximum absolute atomic E-state index is 12.7. The molecule has 23 heavy (non-hydrogen) atoms. The highest BCUT2D eigenvalue weighted by molar-refractivity contribution is 5.85. The number of nitrogens with zero attached hydrogens (tertiary/aromatic N) is 1. The van der Waals surface area contributed by atoms with Gasteiger partial charge in [0.2, 0.25) is 5.91 Å². The van der Waals surface area contributed by atoms with E-state index in [4.69, 9.17) is 4.74 Å². The highest BCUT2D eigenvalue weighted by atomic mass is 16.5. The van der Waals surface area contributed by atoms with E-state index in [1.807, 2.05) is 42.2 Å². The summed E-state index contributed by atoms with van der Waals surface area (Å²) in [4.78, 5) is 14.7. The summed E-state index contributed by atoms with van der Waals surface area (Å²) in [6.07, 6.45) is 0.920. The van der Waals surface area contributed by atoms with Crippen LogP contribution in [0.25, 0.3) is 0 Å². The van der Waals surface area contributed by atoms with Crippen LogP contribution in [0, 0.1) is 0 Å². The van der Waals surface area contributed by atoms with E-state index in [0.717, 1.165) is 24.4 Å². The Morgan fingerprint density at radius 1 is 1.13 bits per heavy atom. The number of carbonyl (C=O) groups excluding carboxylic acids is 1. The molecule has 1 heterocycles. The number of fused-ring (bicyclic) bond motifs is 1. The predicted octanol–water partition coefficient (Wildman–Crippen LogP) is 3.08. The lowest BCUT2D eigenvalue weighted by molar-refractivity contribution is -0.132. The molecular formula is C19H22N2O2. The number of para-hydroxylation sites is 2. The van der Waals surface area contributed by atoms with Crippen LogP contribution < -0.4 is 10.1 Å². The lowest BCUT2D eigenvalue weighted by atomic mass is 9.99. The molecule has 4 nitrogen and oxygen atoms in total. The number of ether oxygens (including phenoxy) is 1. The third-order valence-corrected chi connectivity index (χ3v) is 4.29. The molecule has 2 aromatic carbocycles. The van der Waals surface area contributed by atoms with Crippen molar-refractivity contribution in [3.63, 3.8) is 0 Å². The lowest BCUT2D eigenvalue weighted by Crippen LogP contribution is -2.43. The Bertz CT molecular complexity index is 699. The first-order chi connectivity index (χ1) is 11.2. The zero-order valence-electron chi connectivity index (χ0n) is 13.6. The number of carbonyl (C=O) groups is 1. The molecule has 0 unspecified atom stereocenters. The zero-order valence-corrected chi connectivity index (χ0v) is 13.6. The average molecular weight is 310 g/mol. The molecule has 1 atom stereocenters. The standard InChI is InChI=1S/C19H22N2O2/c1-14(20-17-9-5-6-10-18(17)23-2)19(22)21-12-11-15-7-3-4-8-16(15)13-21/h3-10,14,20H,11-13H2,1-2H3/t14-/m1/s1. The van der Waals surface area contributed by atoms with Crippen LogP contribution in [0.5, 0.6) is 5.75 Å². The van der Waals surface area contributed by atoms with Gasteiger partial charge in [-0.25, -0.2) is 0 Å². The van der Waals surface area contributed by atoms with Gasteiger partial charge in [-0.2, -0.15) is 0 Å². The molecule has 2 aromatic rings. The van der Waals surface area contributed by atoms with Crippen molar-refractivity contribution in [2.45, 2.75) is 25.9 Å². The van der Waals surface area contributed by atoms with Gasteiger partial charge in [-0.1, -0.05) is 36.4 Å². The fraction of sp³-hybridized carbons (Fsp3) is 0.316. The van der Waals surface area contributed by atoms with Gasteiger partial charge in [0.05, 0.1) is 12.8 Å². The Balaban J connectivity index is 1.69. The van der Waals surface area contributed by atoms with Crippen LogP contribution in [0.3, 0.4) is 0 Å². The number of hydrogen-bond donors (Lipinski definition) is 1. The van der Waals surface area contributed by atoms with E-state index in [1.165, 1.54) is 11.1 Å². The second kappa shape index (κ2) is 6.73. The van der Waals surface area contributed by atoms with Crippen molar-refractivity contribution in [3.05, 3.63) is 59.7 Å². The molecule has 0 aromatic heterocycles. The fourth-order valence-corrected chi connectivity index (χ4v) is 3.02. The largest absolute Gasteiger partial charge is 0.495 e. The molecular weight excluding hydrogens is 288 g/mol. The van der Waals surface area contributed by atoms with Gasteiger partial charge in [0.25, 0.3) is 0 Å². The number of anilines is 1. The number of hydrogen-bond acceptors (Lipinski definition) is 3. The summed E-state index contributed by atoms with van der Waals surface area (Å²) < 4.78 is 5.33. The minimum absolute atomic E-state index is 0.116. The van der Waals surface area contributed by atoms with Gasteiger partial charge >= 0.3 is 0 Å². The number of rotatable bonds is 4. The Labute approximate surface area is 137 Å². The van der Waals surface area contributed by atoms with Gasteiger partial charge in [0.1, 0.15) is 11.8 Å². The number of amides is 1. The van der Waals surface area contributed by atoms with E-state index in [0.29, 0.717) is 6.54 Å². The van der Waals surface area contributed by atoms with Crippen LogP contribution in [0.1, 0.15) is 18.1 Å². The molecule has 3 rings (SSSR count). The van der Waals surface area contributed by atoms with Gasteiger partial charge < -0.3 is 15.0 Å². The summed E-state index contributed by atoms with van der Waals surface area (Å²) in [7, 11) is 1.63. The van der Waals surface area contributed by atoms with Crippen molar-refractivity contribution in [2.24, 2.45) is 0 Å². The molecule has 1 aliphatic rings. The van der Waals surface area contributed by atoms with Gasteiger partial charge in [-0.05, 0) is 36.6 Å². The molecule has 0 saturated heterocycles. The molecule has 0 saturated carbocycles. The zero-order chi connectivity index (χ0) is 16.2. The summed E-state index contributed by atoms with van der Waals surface area (Å²) in [5.74, 6) is 0.863. The van der Waals surface area contributed by atoms with Crippen molar-refractivity contribution in [2.75, 3.05) is 19.0 Å². The minimum atomic E-state index is -0.295. The molecule has 1 N–H and O–H groups in total. The SMILES string of the molecule is COc1ccccc1N[C@H](C)C(=O)N1CCc2ccccc2C1. The number of methoxy groups -OCH3 is 1. The first kappa shape index (κ1) is 15.4. The van der Waals surface area contributed by atoms with Gasteiger partial charge in [0, 0.05) is 13.1 Å². The highest BCUT2D eigenvalue weighted by Crippen LogP contribution is 2.25. The van der Waals surface area contributed by atoms with Crippen LogP contribution in [0.2, 0.25) is 0 Å². The first-order valence-electron chi connectivity index (χ1n) is 7.94. The van der Waals surface area contributed by atoms with Crippen LogP contribution in [0.15, 0.2) is 48.5 Å². The third kappa shape index (κ3) is 3.31. The Morgan fingerprint density at radius 2 is 1.83 bits per heavy atom. The quantitative estimate of drug-likeness (QED) is 0.943. The second-order valence-electron chi connectivity index (χ2n) is 5.84. The Morgan fingerprint density at radius 3 is 2.61 bits per heavy atom. The van der Waals surface area contributed by atoms with Crippen molar-refractivity contribution >= 4 is 11.6 Å². The molecule has 4 heteroatoms. The van der Waals surface area contributed by atoms with Gasteiger partial charge in [0.15, 0.2) is 0 Å². The fourth-order valence-electron chi connectivity index (χ4n) is 3.02. The van der Waals surface area contributed by atoms with Crippen LogP contribution in [0.4, 0.5) is 5.69 Å². The second-order valence-corrected chi connectivity index (χ2v) is 5.84. The van der Waals surface area contributed by atoms with E-state index >= 15 is 0 Å². The Kier molecular flexibility index (Phi) is 4.51. The van der Waals surface area contributed by atoms with Crippen LogP contribution >= 0.6 is 0 Å². The van der Waals surface area contributed by atoms with Crippen LogP contribution in [-0.2, 0) is 17.8 Å². The van der Waals surface area contributed by atoms with Gasteiger partial charge in [-0.3, -0.25) is 4.79 Å². The minimum Gasteiger partial charge on any atom is -0.495 e. The van der Waals surface area contributed by atoms with E-state index in [2.05, 4.69) is 23.5 Å². The lowest BCUT2D eigenvalue weighted by Gasteiger charge is -2.31. The van der Waals surface area contributed by atoms with E-state index in [1.54, 1.807) is 7.11 Å². The van der Waals surface area contributed by atoms with Gasteiger partial charge in [-0.15, -0.1) is 0 Å². The maximum atomic E-state index is 12.7. The van der Waals surface area contributed by atoms with Crippen molar-refractivity contribution < 1.29 is 9.53 Å². The predicted molar refractivity (Wildman–Crippen MR) is 91.6 cm³/mol. The summed E-state index contributed by atoms with van der Waals surface area (Å²) >= 11 is 0. The van der Waals surface area contributed by atoms with Crippen molar-refractivity contribution in [3.8, 4) is 5.75 Å². The first-order valence-corrected chi connectivity index (χ1v) is 7.94. The van der Waals surface area contributed by atoms with Crippen molar-refractivity contribution in [1.82, 2.24) is 4.90 Å². The molecule has 1 aliphatic heterocycles. The summed E-state index contributed by atoms with van der Waals surface area (Å²) in [5.41, 5.74) is 3.44. The number of nitrogens with one attached hydrogen (secondary N) is 1. The summed E-state index contributed by atoms with van der Waals surface area (Å²) in [5, 5.41) is 3.27. The molecule has 0 radical (unpaired) electrons. The molecule has 1 amide bonds. The molecule has 0 spiro atoms. The van der Waals surface area contributed by atoms with E-state index in [-0.39, 0.29) is 11.9 Å².